The third kappa shape index (κ3) is 6.06. The van der Waals surface area contributed by atoms with E-state index in [2.05, 4.69) is 103 Å². The maximum Gasteiger partial charge on any atom is -0.00258 e. The van der Waals surface area contributed by atoms with Gasteiger partial charge < -0.3 is 0 Å². The predicted octanol–water partition coefficient (Wildman–Crippen LogP) is 6.42. The molecule has 126 valence electrons. The van der Waals surface area contributed by atoms with Crippen LogP contribution in [0, 0.1) is 0 Å². The molecule has 2 aromatic carbocycles. The lowest BCUT2D eigenvalue weighted by molar-refractivity contribution is 0.590. The first-order valence-corrected chi connectivity index (χ1v) is 9.19. The first-order chi connectivity index (χ1) is 10.7. The Labute approximate surface area is 148 Å². The van der Waals surface area contributed by atoms with E-state index in [9.17, 15) is 0 Å². The maximum atomic E-state index is 3.53. The number of hydrogen-bond donors (Lipinski definition) is 1. The van der Waals surface area contributed by atoms with E-state index in [0.29, 0.717) is 0 Å². The van der Waals surface area contributed by atoms with Crippen molar-refractivity contribution in [3.8, 4) is 0 Å². The smallest absolute Gasteiger partial charge is 0.00258 e. The van der Waals surface area contributed by atoms with Gasteiger partial charge >= 0.3 is 0 Å². The highest BCUT2D eigenvalue weighted by atomic mass is 32.1. The number of rotatable bonds is 2. The Kier molecular flexibility index (Phi) is 6.95. The fourth-order valence-electron chi connectivity index (χ4n) is 2.48. The van der Waals surface area contributed by atoms with Crippen molar-refractivity contribution in [3.63, 3.8) is 0 Å². The SMILES string of the molecule is CC(C)(C)c1ccc(Cc2ccc(C(C)(C)C)cc2)cc1.CS. The normalized spacial score (nSPS) is 11.7. The zero-order valence-electron chi connectivity index (χ0n) is 15.8. The lowest BCUT2D eigenvalue weighted by atomic mass is 9.85. The molecular weight excluding hydrogens is 296 g/mol. The van der Waals surface area contributed by atoms with Crippen molar-refractivity contribution in [3.05, 3.63) is 70.8 Å². The molecule has 0 aliphatic heterocycles. The van der Waals surface area contributed by atoms with Gasteiger partial charge in [0.15, 0.2) is 0 Å². The molecule has 0 unspecified atom stereocenters. The highest BCUT2D eigenvalue weighted by Gasteiger charge is 2.14. The number of thiol groups is 1. The van der Waals surface area contributed by atoms with Gasteiger partial charge in [0.25, 0.3) is 0 Å². The van der Waals surface area contributed by atoms with Crippen LogP contribution in [0.2, 0.25) is 0 Å². The van der Waals surface area contributed by atoms with Crippen LogP contribution in [0.3, 0.4) is 0 Å². The van der Waals surface area contributed by atoms with Crippen molar-refractivity contribution in [2.24, 2.45) is 0 Å². The van der Waals surface area contributed by atoms with E-state index in [4.69, 9.17) is 0 Å². The van der Waals surface area contributed by atoms with Crippen molar-refractivity contribution in [2.75, 3.05) is 6.26 Å². The molecule has 0 radical (unpaired) electrons. The molecule has 0 N–H and O–H groups in total. The fourth-order valence-corrected chi connectivity index (χ4v) is 2.48. The summed E-state index contributed by atoms with van der Waals surface area (Å²) in [6.45, 7) is 13.5. The first-order valence-electron chi connectivity index (χ1n) is 8.30. The van der Waals surface area contributed by atoms with Crippen LogP contribution in [-0.4, -0.2) is 6.26 Å². The molecular formula is C22H32S. The minimum absolute atomic E-state index is 0.229. The van der Waals surface area contributed by atoms with E-state index >= 15 is 0 Å². The van der Waals surface area contributed by atoms with E-state index in [1.807, 2.05) is 0 Å². The second-order valence-electron chi connectivity index (χ2n) is 8.07. The molecule has 0 atom stereocenters. The van der Waals surface area contributed by atoms with Crippen molar-refractivity contribution in [1.29, 1.82) is 0 Å². The summed E-state index contributed by atoms with van der Waals surface area (Å²) in [6.07, 6.45) is 2.70. The second-order valence-corrected chi connectivity index (χ2v) is 8.07. The monoisotopic (exact) mass is 328 g/mol. The molecule has 0 fully saturated rings. The molecule has 2 rings (SSSR count). The van der Waals surface area contributed by atoms with Crippen molar-refractivity contribution >= 4 is 12.6 Å². The lowest BCUT2D eigenvalue weighted by Crippen LogP contribution is -2.11. The highest BCUT2D eigenvalue weighted by Crippen LogP contribution is 2.24. The Balaban J connectivity index is 0.00000127. The Bertz CT molecular complexity index is 522. The highest BCUT2D eigenvalue weighted by molar-refractivity contribution is 7.79. The van der Waals surface area contributed by atoms with E-state index in [1.54, 1.807) is 6.26 Å². The summed E-state index contributed by atoms with van der Waals surface area (Å²) in [5.74, 6) is 0. The first kappa shape index (κ1) is 19.8. The molecule has 0 bridgehead atoms. The molecule has 0 aromatic heterocycles. The van der Waals surface area contributed by atoms with Crippen LogP contribution in [0.5, 0.6) is 0 Å². The van der Waals surface area contributed by atoms with Gasteiger partial charge in [-0.25, -0.2) is 0 Å². The minimum atomic E-state index is 0.229. The quantitative estimate of drug-likeness (QED) is 0.604. The molecule has 1 heteroatoms. The van der Waals surface area contributed by atoms with Gasteiger partial charge in [-0.2, -0.15) is 12.6 Å². The third-order valence-electron chi connectivity index (χ3n) is 4.05. The van der Waals surface area contributed by atoms with Crippen molar-refractivity contribution < 1.29 is 0 Å². The van der Waals surface area contributed by atoms with Crippen LogP contribution in [0.15, 0.2) is 48.5 Å². The van der Waals surface area contributed by atoms with Gasteiger partial charge in [-0.05, 0) is 45.8 Å². The number of hydrogen-bond acceptors (Lipinski definition) is 1. The molecule has 0 aliphatic carbocycles. The predicted molar refractivity (Wildman–Crippen MR) is 108 cm³/mol. The van der Waals surface area contributed by atoms with E-state index < -0.39 is 0 Å². The standard InChI is InChI=1S/C21H28.CH4S/c1-20(2,3)18-11-7-16(8-12-18)15-17-9-13-19(14-10-17)21(4,5)6;1-2/h7-14H,15H2,1-6H3;2H,1H3. The van der Waals surface area contributed by atoms with E-state index in [0.717, 1.165) is 6.42 Å². The Morgan fingerprint density at radius 1 is 0.565 bits per heavy atom. The van der Waals surface area contributed by atoms with Gasteiger partial charge in [0.2, 0.25) is 0 Å². The molecule has 0 nitrogen and oxygen atoms in total. The lowest BCUT2D eigenvalue weighted by Gasteiger charge is -2.20. The largest absolute Gasteiger partial charge is 0.183 e. The van der Waals surface area contributed by atoms with Crippen LogP contribution in [0.4, 0.5) is 0 Å². The third-order valence-corrected chi connectivity index (χ3v) is 4.05. The molecule has 0 heterocycles. The van der Waals surface area contributed by atoms with E-state index in [1.165, 1.54) is 22.3 Å². The van der Waals surface area contributed by atoms with Crippen LogP contribution in [0.1, 0.15) is 63.8 Å². The van der Waals surface area contributed by atoms with Crippen molar-refractivity contribution in [1.82, 2.24) is 0 Å². The van der Waals surface area contributed by atoms with Crippen LogP contribution in [0.25, 0.3) is 0 Å². The zero-order valence-corrected chi connectivity index (χ0v) is 16.7. The summed E-state index contributed by atoms with van der Waals surface area (Å²) in [5.41, 5.74) is 6.02. The zero-order chi connectivity index (χ0) is 17.7. The number of benzene rings is 2. The summed E-state index contributed by atoms with van der Waals surface area (Å²) in [4.78, 5) is 0. The molecule has 0 spiro atoms. The summed E-state index contributed by atoms with van der Waals surface area (Å²) in [5, 5.41) is 0. The molecule has 0 saturated carbocycles. The molecule has 0 aliphatic rings. The summed E-state index contributed by atoms with van der Waals surface area (Å²) >= 11 is 3.53. The Hall–Kier alpha value is -1.21. The minimum Gasteiger partial charge on any atom is -0.183 e. The summed E-state index contributed by atoms with van der Waals surface area (Å²) in [6, 6.07) is 18.1. The van der Waals surface area contributed by atoms with Crippen LogP contribution < -0.4 is 0 Å². The van der Waals surface area contributed by atoms with Gasteiger partial charge in [-0.3, -0.25) is 0 Å². The van der Waals surface area contributed by atoms with Gasteiger partial charge in [0.1, 0.15) is 0 Å². The molecule has 0 amide bonds. The molecule has 2 aromatic rings. The van der Waals surface area contributed by atoms with E-state index in [-0.39, 0.29) is 10.8 Å². The Morgan fingerprint density at radius 2 is 0.826 bits per heavy atom. The van der Waals surface area contributed by atoms with Crippen LogP contribution in [-0.2, 0) is 17.3 Å². The topological polar surface area (TPSA) is 0 Å². The van der Waals surface area contributed by atoms with Crippen molar-refractivity contribution in [2.45, 2.75) is 58.8 Å². The average molecular weight is 329 g/mol. The van der Waals surface area contributed by atoms with Gasteiger partial charge in [0.05, 0.1) is 0 Å². The molecule has 23 heavy (non-hydrogen) atoms. The second kappa shape index (κ2) is 8.06. The Morgan fingerprint density at radius 3 is 1.04 bits per heavy atom. The van der Waals surface area contributed by atoms with Crippen LogP contribution >= 0.6 is 12.6 Å². The molecule has 0 saturated heterocycles. The average Bonchev–Trinajstić information content (AvgIpc) is 2.48. The van der Waals surface area contributed by atoms with Gasteiger partial charge in [0, 0.05) is 0 Å². The van der Waals surface area contributed by atoms with Gasteiger partial charge in [-0.1, -0.05) is 90.1 Å². The van der Waals surface area contributed by atoms with Gasteiger partial charge in [-0.15, -0.1) is 0 Å². The maximum absolute atomic E-state index is 3.53. The fraction of sp³-hybridized carbons (Fsp3) is 0.455. The summed E-state index contributed by atoms with van der Waals surface area (Å²) in [7, 11) is 0. The summed E-state index contributed by atoms with van der Waals surface area (Å²) < 4.78 is 0.